The van der Waals surface area contributed by atoms with Crippen molar-refractivity contribution in [2.24, 2.45) is 0 Å². The van der Waals surface area contributed by atoms with Gasteiger partial charge in [0.05, 0.1) is 18.4 Å². The number of nitrogens with one attached hydrogen (secondary N) is 1. The van der Waals surface area contributed by atoms with Crippen LogP contribution in [0.4, 0.5) is 5.69 Å². The largest absolute Gasteiger partial charge is 0.496 e. The van der Waals surface area contributed by atoms with Crippen LogP contribution in [0.1, 0.15) is 22.8 Å². The molecule has 2 amide bonds. The van der Waals surface area contributed by atoms with Crippen molar-refractivity contribution < 1.29 is 19.1 Å². The van der Waals surface area contributed by atoms with Crippen LogP contribution in [0, 0.1) is 0 Å². The molecule has 25 heavy (non-hydrogen) atoms. The van der Waals surface area contributed by atoms with Gasteiger partial charge in [-0.25, -0.2) is 0 Å². The van der Waals surface area contributed by atoms with E-state index in [1.54, 1.807) is 37.1 Å². The smallest absolute Gasteiger partial charge is 0.267 e. The van der Waals surface area contributed by atoms with Gasteiger partial charge >= 0.3 is 0 Å². The van der Waals surface area contributed by atoms with E-state index < -0.39 is 6.10 Å². The Kier molecular flexibility index (Phi) is 4.61. The third kappa shape index (κ3) is 3.28. The Morgan fingerprint density at radius 3 is 2.80 bits per heavy atom. The van der Waals surface area contributed by atoms with Gasteiger partial charge in [-0.1, -0.05) is 18.2 Å². The molecule has 0 aliphatic carbocycles. The quantitative estimate of drug-likeness (QED) is 0.928. The van der Waals surface area contributed by atoms with E-state index in [0.29, 0.717) is 29.3 Å². The lowest BCUT2D eigenvalue weighted by molar-refractivity contribution is -0.125. The molecule has 1 unspecified atom stereocenters. The molecule has 1 N–H and O–H groups in total. The van der Waals surface area contributed by atoms with Gasteiger partial charge in [0.25, 0.3) is 11.8 Å². The zero-order valence-corrected chi connectivity index (χ0v) is 14.4. The lowest BCUT2D eigenvalue weighted by Gasteiger charge is -2.30. The van der Waals surface area contributed by atoms with Crippen molar-refractivity contribution in [2.75, 3.05) is 19.1 Å². The molecule has 130 valence electrons. The molecule has 1 aliphatic heterocycles. The Balaban J connectivity index is 1.74. The van der Waals surface area contributed by atoms with E-state index >= 15 is 0 Å². The fourth-order valence-electron chi connectivity index (χ4n) is 2.78. The molecule has 0 spiro atoms. The maximum Gasteiger partial charge on any atom is 0.267 e. The van der Waals surface area contributed by atoms with Crippen LogP contribution >= 0.6 is 0 Å². The molecule has 0 saturated carbocycles. The molecular weight excluding hydrogens is 320 g/mol. The first-order valence-electron chi connectivity index (χ1n) is 7.99. The third-order valence-electron chi connectivity index (χ3n) is 4.17. The van der Waals surface area contributed by atoms with Crippen LogP contribution in [0.3, 0.4) is 0 Å². The minimum atomic E-state index is -0.492. The van der Waals surface area contributed by atoms with Crippen molar-refractivity contribution in [1.29, 1.82) is 0 Å². The molecule has 0 saturated heterocycles. The standard InChI is InChI=1S/C19H20N2O4/c1-12-19(23)21(2)15-10-13(8-9-17(15)25-12)11-20-18(22)14-6-4-5-7-16(14)24-3/h4-10,12H,11H2,1-3H3,(H,20,22). The van der Waals surface area contributed by atoms with Gasteiger partial charge in [0.15, 0.2) is 6.10 Å². The van der Waals surface area contributed by atoms with Crippen LogP contribution in [-0.2, 0) is 11.3 Å². The van der Waals surface area contributed by atoms with Gasteiger partial charge in [-0.2, -0.15) is 0 Å². The highest BCUT2D eigenvalue weighted by Crippen LogP contribution is 2.33. The molecule has 2 aromatic rings. The molecule has 1 heterocycles. The van der Waals surface area contributed by atoms with Gasteiger partial charge < -0.3 is 19.7 Å². The summed E-state index contributed by atoms with van der Waals surface area (Å²) in [4.78, 5) is 26.0. The molecule has 0 fully saturated rings. The molecule has 2 aromatic carbocycles. The van der Waals surface area contributed by atoms with E-state index in [0.717, 1.165) is 5.56 Å². The Bertz CT molecular complexity index is 819. The van der Waals surface area contributed by atoms with Crippen LogP contribution < -0.4 is 19.7 Å². The average molecular weight is 340 g/mol. The Labute approximate surface area is 146 Å². The summed E-state index contributed by atoms with van der Waals surface area (Å²) < 4.78 is 10.8. The van der Waals surface area contributed by atoms with E-state index in [9.17, 15) is 9.59 Å². The summed E-state index contributed by atoms with van der Waals surface area (Å²) in [6, 6.07) is 12.6. The zero-order valence-electron chi connectivity index (χ0n) is 14.4. The molecule has 0 bridgehead atoms. The van der Waals surface area contributed by atoms with Gasteiger partial charge in [0, 0.05) is 13.6 Å². The number of benzene rings is 2. The summed E-state index contributed by atoms with van der Waals surface area (Å²) in [5, 5.41) is 2.87. The number of methoxy groups -OCH3 is 1. The van der Waals surface area contributed by atoms with E-state index in [1.807, 2.05) is 24.3 Å². The highest BCUT2D eigenvalue weighted by molar-refractivity contribution is 5.99. The fraction of sp³-hybridized carbons (Fsp3) is 0.263. The van der Waals surface area contributed by atoms with Crippen LogP contribution in [0.5, 0.6) is 11.5 Å². The van der Waals surface area contributed by atoms with Crippen LogP contribution in [0.15, 0.2) is 42.5 Å². The van der Waals surface area contributed by atoms with E-state index in [2.05, 4.69) is 5.32 Å². The van der Waals surface area contributed by atoms with Crippen LogP contribution in [0.25, 0.3) is 0 Å². The topological polar surface area (TPSA) is 67.9 Å². The van der Waals surface area contributed by atoms with Gasteiger partial charge in [0.1, 0.15) is 11.5 Å². The second-order valence-electron chi connectivity index (χ2n) is 5.84. The van der Waals surface area contributed by atoms with Gasteiger partial charge in [-0.3, -0.25) is 9.59 Å². The number of hydrogen-bond donors (Lipinski definition) is 1. The lowest BCUT2D eigenvalue weighted by Crippen LogP contribution is -2.42. The molecule has 3 rings (SSSR count). The number of hydrogen-bond acceptors (Lipinski definition) is 4. The number of amides is 2. The number of carbonyl (C=O) groups excluding carboxylic acids is 2. The molecule has 1 aliphatic rings. The van der Waals surface area contributed by atoms with Crippen LogP contribution in [-0.4, -0.2) is 32.1 Å². The minimum Gasteiger partial charge on any atom is -0.496 e. The molecule has 0 aromatic heterocycles. The summed E-state index contributed by atoms with van der Waals surface area (Å²) in [5.74, 6) is 0.875. The number of anilines is 1. The van der Waals surface area contributed by atoms with Gasteiger partial charge in [-0.05, 0) is 36.8 Å². The zero-order chi connectivity index (χ0) is 18.0. The number of carbonyl (C=O) groups is 2. The predicted molar refractivity (Wildman–Crippen MR) is 94.1 cm³/mol. The highest BCUT2D eigenvalue weighted by Gasteiger charge is 2.28. The van der Waals surface area contributed by atoms with E-state index in [1.165, 1.54) is 7.11 Å². The minimum absolute atomic E-state index is 0.0947. The monoisotopic (exact) mass is 340 g/mol. The van der Waals surface area contributed by atoms with E-state index in [4.69, 9.17) is 9.47 Å². The maximum absolute atomic E-state index is 12.4. The number of likely N-dealkylation sites (N-methyl/N-ethyl adjacent to an activating group) is 1. The third-order valence-corrected chi connectivity index (χ3v) is 4.17. The molecule has 1 atom stereocenters. The predicted octanol–water partition coefficient (Wildman–Crippen LogP) is 2.37. The normalized spacial score (nSPS) is 16.0. The second-order valence-corrected chi connectivity index (χ2v) is 5.84. The molecule has 6 heteroatoms. The number of fused-ring (bicyclic) bond motifs is 1. The van der Waals surface area contributed by atoms with Crippen molar-refractivity contribution in [1.82, 2.24) is 5.32 Å². The lowest BCUT2D eigenvalue weighted by atomic mass is 10.1. The summed E-state index contributed by atoms with van der Waals surface area (Å²) >= 11 is 0. The summed E-state index contributed by atoms with van der Waals surface area (Å²) in [7, 11) is 3.25. The summed E-state index contributed by atoms with van der Waals surface area (Å²) in [6.07, 6.45) is -0.492. The van der Waals surface area contributed by atoms with Crippen LogP contribution in [0.2, 0.25) is 0 Å². The highest BCUT2D eigenvalue weighted by atomic mass is 16.5. The summed E-state index contributed by atoms with van der Waals surface area (Å²) in [5.41, 5.74) is 2.05. The van der Waals surface area contributed by atoms with Crippen molar-refractivity contribution in [3.05, 3.63) is 53.6 Å². The van der Waals surface area contributed by atoms with Gasteiger partial charge in [0.2, 0.25) is 0 Å². The summed E-state index contributed by atoms with van der Waals surface area (Å²) in [6.45, 7) is 2.06. The van der Waals surface area contributed by atoms with Crippen molar-refractivity contribution in [3.63, 3.8) is 0 Å². The average Bonchev–Trinajstić information content (AvgIpc) is 2.64. The van der Waals surface area contributed by atoms with E-state index in [-0.39, 0.29) is 11.8 Å². The van der Waals surface area contributed by atoms with Gasteiger partial charge in [-0.15, -0.1) is 0 Å². The Hall–Kier alpha value is -3.02. The Morgan fingerprint density at radius 1 is 1.28 bits per heavy atom. The number of para-hydroxylation sites is 1. The first kappa shape index (κ1) is 16.8. The Morgan fingerprint density at radius 2 is 2.04 bits per heavy atom. The van der Waals surface area contributed by atoms with Crippen molar-refractivity contribution in [2.45, 2.75) is 19.6 Å². The second kappa shape index (κ2) is 6.84. The molecule has 6 nitrogen and oxygen atoms in total. The number of ether oxygens (including phenoxy) is 2. The maximum atomic E-state index is 12.4. The SMILES string of the molecule is COc1ccccc1C(=O)NCc1ccc2c(c1)N(C)C(=O)C(C)O2. The number of rotatable bonds is 4. The van der Waals surface area contributed by atoms with Crippen molar-refractivity contribution >= 4 is 17.5 Å². The first-order valence-corrected chi connectivity index (χ1v) is 7.99. The van der Waals surface area contributed by atoms with Crippen molar-refractivity contribution in [3.8, 4) is 11.5 Å². The fourth-order valence-corrected chi connectivity index (χ4v) is 2.78. The number of nitrogens with zero attached hydrogens (tertiary/aromatic N) is 1. The molecule has 0 radical (unpaired) electrons. The molecular formula is C19H20N2O4. The first-order chi connectivity index (χ1) is 12.0.